The second-order valence-electron chi connectivity index (χ2n) is 8.25. The van der Waals surface area contributed by atoms with Crippen LogP contribution in [0, 0.1) is 17.0 Å². The molecule has 4 rings (SSSR count). The number of benzene rings is 2. The topological polar surface area (TPSA) is 137 Å². The van der Waals surface area contributed by atoms with E-state index in [1.54, 1.807) is 39.2 Å². The molecule has 0 saturated carbocycles. The van der Waals surface area contributed by atoms with Crippen LogP contribution in [0.4, 0.5) is 11.4 Å². The number of hydrogen-bond acceptors (Lipinski definition) is 7. The molecular weight excluding hydrogens is 522 g/mol. The molecule has 0 radical (unpaired) electrons. The van der Waals surface area contributed by atoms with E-state index in [-0.39, 0.29) is 20.8 Å². The molecule has 2 amide bonds. The van der Waals surface area contributed by atoms with Crippen LogP contribution in [0.2, 0.25) is 5.02 Å². The summed E-state index contributed by atoms with van der Waals surface area (Å²) in [5, 5.41) is 14.7. The Labute approximate surface area is 218 Å². The Hall–Kier alpha value is -4.29. The van der Waals surface area contributed by atoms with Gasteiger partial charge in [-0.3, -0.25) is 29.1 Å². The highest BCUT2D eigenvalue weighted by Crippen LogP contribution is 2.30. The van der Waals surface area contributed by atoms with Gasteiger partial charge in [0.1, 0.15) is 17.1 Å². The summed E-state index contributed by atoms with van der Waals surface area (Å²) < 4.78 is 1.70. The summed E-state index contributed by atoms with van der Waals surface area (Å²) >= 11 is 6.88. The Balaban J connectivity index is 1.99. The van der Waals surface area contributed by atoms with Crippen molar-refractivity contribution >= 4 is 56.3 Å². The van der Waals surface area contributed by atoms with E-state index in [2.05, 4.69) is 5.32 Å². The maximum absolute atomic E-state index is 13.7. The third-order valence-electron chi connectivity index (χ3n) is 5.54. The first kappa shape index (κ1) is 25.8. The number of halogens is 1. The Bertz CT molecular complexity index is 1700. The Kier molecular flexibility index (Phi) is 6.96. The van der Waals surface area contributed by atoms with Crippen molar-refractivity contribution in [3.8, 4) is 5.69 Å². The van der Waals surface area contributed by atoms with Crippen LogP contribution in [0.3, 0.4) is 0 Å². The van der Waals surface area contributed by atoms with E-state index in [9.17, 15) is 29.3 Å². The van der Waals surface area contributed by atoms with Crippen molar-refractivity contribution in [3.63, 3.8) is 0 Å². The van der Waals surface area contributed by atoms with E-state index >= 15 is 0 Å². The van der Waals surface area contributed by atoms with Crippen molar-refractivity contribution in [3.05, 3.63) is 94.9 Å². The predicted octanol–water partition coefficient (Wildman–Crippen LogP) is 3.42. The lowest BCUT2D eigenvalue weighted by Gasteiger charge is -2.13. The maximum Gasteiger partial charge on any atom is 0.337 e. The van der Waals surface area contributed by atoms with Crippen molar-refractivity contribution in [1.82, 2.24) is 14.0 Å². The van der Waals surface area contributed by atoms with Crippen LogP contribution in [0.1, 0.15) is 15.2 Å². The fourth-order valence-corrected chi connectivity index (χ4v) is 5.33. The first-order valence-electron chi connectivity index (χ1n) is 10.8. The van der Waals surface area contributed by atoms with Crippen molar-refractivity contribution < 1.29 is 14.5 Å². The average molecular weight is 542 g/mol. The van der Waals surface area contributed by atoms with E-state index in [4.69, 9.17) is 11.6 Å². The number of aromatic nitrogens is 2. The van der Waals surface area contributed by atoms with Gasteiger partial charge in [0, 0.05) is 30.9 Å². The minimum atomic E-state index is -0.960. The molecule has 2 heterocycles. The Morgan fingerprint density at radius 3 is 2.49 bits per heavy atom. The van der Waals surface area contributed by atoms with Crippen LogP contribution in [-0.4, -0.2) is 44.9 Å². The predicted molar refractivity (Wildman–Crippen MR) is 141 cm³/mol. The van der Waals surface area contributed by atoms with E-state index < -0.39 is 40.2 Å². The lowest BCUT2D eigenvalue weighted by atomic mass is 10.2. The minimum Gasteiger partial charge on any atom is -0.344 e. The summed E-state index contributed by atoms with van der Waals surface area (Å²) in [5.74, 6) is -0.998. The number of anilines is 1. The van der Waals surface area contributed by atoms with Crippen LogP contribution in [0.5, 0.6) is 0 Å². The lowest BCUT2D eigenvalue weighted by molar-refractivity contribution is -0.384. The van der Waals surface area contributed by atoms with Crippen LogP contribution < -0.4 is 16.6 Å². The minimum absolute atomic E-state index is 0.0171. The number of rotatable bonds is 6. The summed E-state index contributed by atoms with van der Waals surface area (Å²) in [7, 11) is 3.09. The second kappa shape index (κ2) is 9.99. The van der Waals surface area contributed by atoms with E-state index in [0.717, 1.165) is 15.9 Å². The summed E-state index contributed by atoms with van der Waals surface area (Å²) in [6.45, 7) is 1.03. The van der Waals surface area contributed by atoms with Crippen LogP contribution in [-0.2, 0) is 11.3 Å². The van der Waals surface area contributed by atoms with Crippen molar-refractivity contribution in [2.24, 2.45) is 0 Å². The molecule has 0 atom stereocenters. The summed E-state index contributed by atoms with van der Waals surface area (Å²) in [5.41, 5.74) is -1.81. The molecule has 190 valence electrons. The number of nitro groups is 1. The fourth-order valence-electron chi connectivity index (χ4n) is 3.82. The molecule has 0 aliphatic carbocycles. The largest absolute Gasteiger partial charge is 0.344 e. The van der Waals surface area contributed by atoms with Gasteiger partial charge in [0.2, 0.25) is 5.91 Å². The van der Waals surface area contributed by atoms with Gasteiger partial charge < -0.3 is 10.2 Å². The zero-order chi connectivity index (χ0) is 27.0. The average Bonchev–Trinajstić information content (AvgIpc) is 3.18. The number of hydrogen-bond donors (Lipinski definition) is 1. The number of amides is 2. The number of thiophene rings is 1. The van der Waals surface area contributed by atoms with Gasteiger partial charge in [-0.25, -0.2) is 9.36 Å². The molecule has 0 unspecified atom stereocenters. The van der Waals surface area contributed by atoms with Gasteiger partial charge >= 0.3 is 5.69 Å². The number of carbonyl (C=O) groups is 2. The maximum atomic E-state index is 13.7. The lowest BCUT2D eigenvalue weighted by Crippen LogP contribution is -2.40. The summed E-state index contributed by atoms with van der Waals surface area (Å²) in [4.78, 5) is 65.6. The quantitative estimate of drug-likeness (QED) is 0.293. The number of nitro benzene ring substituents is 1. The SMILES string of the molecule is Cc1c(C(=O)N(C)C)sc2c1c(=O)n(-c1ccccc1[N+](=O)[O-])c(=O)n2CC(=O)Nc1cccc(Cl)c1. The van der Waals surface area contributed by atoms with Gasteiger partial charge in [-0.2, -0.15) is 0 Å². The van der Waals surface area contributed by atoms with E-state index in [0.29, 0.717) is 20.8 Å². The zero-order valence-corrected chi connectivity index (χ0v) is 21.4. The molecule has 0 bridgehead atoms. The highest BCUT2D eigenvalue weighted by Gasteiger charge is 2.27. The molecule has 1 N–H and O–H groups in total. The molecule has 37 heavy (non-hydrogen) atoms. The van der Waals surface area contributed by atoms with E-state index in [1.807, 2.05) is 0 Å². The molecule has 13 heteroatoms. The highest BCUT2D eigenvalue weighted by atomic mass is 35.5. The Morgan fingerprint density at radius 1 is 1.14 bits per heavy atom. The first-order valence-corrected chi connectivity index (χ1v) is 12.0. The smallest absolute Gasteiger partial charge is 0.337 e. The van der Waals surface area contributed by atoms with Crippen molar-refractivity contribution in [1.29, 1.82) is 0 Å². The zero-order valence-electron chi connectivity index (χ0n) is 19.9. The van der Waals surface area contributed by atoms with Crippen LogP contribution in [0.15, 0.2) is 58.1 Å². The number of carbonyl (C=O) groups excluding carboxylic acids is 2. The van der Waals surface area contributed by atoms with Gasteiger partial charge in [0.15, 0.2) is 0 Å². The molecule has 0 saturated heterocycles. The van der Waals surface area contributed by atoms with Gasteiger partial charge in [0.25, 0.3) is 17.2 Å². The second-order valence-corrected chi connectivity index (χ2v) is 9.69. The number of nitrogens with zero attached hydrogens (tertiary/aromatic N) is 4. The molecule has 11 nitrogen and oxygen atoms in total. The third-order valence-corrected chi connectivity index (χ3v) is 7.08. The third kappa shape index (κ3) is 4.76. The molecule has 0 fully saturated rings. The number of nitrogens with one attached hydrogen (secondary N) is 1. The van der Waals surface area contributed by atoms with Crippen molar-refractivity contribution in [2.75, 3.05) is 19.4 Å². The summed E-state index contributed by atoms with van der Waals surface area (Å²) in [6, 6.07) is 11.7. The van der Waals surface area contributed by atoms with Crippen LogP contribution >= 0.6 is 22.9 Å². The summed E-state index contributed by atoms with van der Waals surface area (Å²) in [6.07, 6.45) is 0. The molecule has 0 aliphatic rings. The fraction of sp³-hybridized carbons (Fsp3) is 0.167. The van der Waals surface area contributed by atoms with Gasteiger partial charge in [-0.15, -0.1) is 11.3 Å². The van der Waals surface area contributed by atoms with Crippen molar-refractivity contribution in [2.45, 2.75) is 13.5 Å². The molecule has 2 aromatic carbocycles. The normalized spacial score (nSPS) is 10.9. The van der Waals surface area contributed by atoms with Gasteiger partial charge in [-0.1, -0.05) is 29.8 Å². The first-order chi connectivity index (χ1) is 17.5. The monoisotopic (exact) mass is 541 g/mol. The number of para-hydroxylation sites is 2. The highest BCUT2D eigenvalue weighted by molar-refractivity contribution is 7.20. The molecular formula is C24H20ClN5O6S. The van der Waals surface area contributed by atoms with Gasteiger partial charge in [-0.05, 0) is 36.8 Å². The molecule has 0 spiro atoms. The molecule has 0 aliphatic heterocycles. The molecule has 2 aromatic heterocycles. The van der Waals surface area contributed by atoms with Crippen LogP contribution in [0.25, 0.3) is 15.9 Å². The standard InChI is InChI=1S/C24H20ClN5O6S/c1-13-19-21(32)29(16-9-4-5-10-17(16)30(35)36)24(34)28(23(19)37-20(13)22(33)27(2)3)12-18(31)26-15-8-6-7-14(25)11-15/h4-11H,12H2,1-3H3,(H,26,31). The molecule has 4 aromatic rings. The van der Waals surface area contributed by atoms with Gasteiger partial charge in [0.05, 0.1) is 15.2 Å². The number of aryl methyl sites for hydroxylation is 1. The number of fused-ring (bicyclic) bond motifs is 1. The van der Waals surface area contributed by atoms with E-state index in [1.165, 1.54) is 35.2 Å². The Morgan fingerprint density at radius 2 is 1.84 bits per heavy atom.